The Labute approximate surface area is 198 Å². The summed E-state index contributed by atoms with van der Waals surface area (Å²) in [5.41, 5.74) is 2.39. The molecule has 4 rings (SSSR count). The number of nitrogens with zero attached hydrogens (tertiary/aromatic N) is 1. The molecule has 176 valence electrons. The van der Waals surface area contributed by atoms with Gasteiger partial charge in [0.2, 0.25) is 0 Å². The molecule has 4 aromatic rings. The largest absolute Gasteiger partial charge is 0.497 e. The Balaban J connectivity index is 1.88. The van der Waals surface area contributed by atoms with Gasteiger partial charge in [0.25, 0.3) is 10.0 Å². The van der Waals surface area contributed by atoms with E-state index in [-0.39, 0.29) is 17.7 Å². The molecule has 3 aromatic carbocycles. The van der Waals surface area contributed by atoms with Crippen LogP contribution in [0.4, 0.5) is 0 Å². The SMILES string of the molecule is CCOc1ccc2c(c1)c(CCC(=O)O)cn2S(=O)(=O)c1ccccc1-c1ccc(OC)cc1. The van der Waals surface area contributed by atoms with Gasteiger partial charge >= 0.3 is 5.97 Å². The fourth-order valence-corrected chi connectivity index (χ4v) is 5.56. The molecule has 0 spiro atoms. The molecule has 0 fully saturated rings. The highest BCUT2D eigenvalue weighted by atomic mass is 32.2. The molecule has 0 aliphatic heterocycles. The third kappa shape index (κ3) is 4.49. The molecule has 0 saturated heterocycles. The van der Waals surface area contributed by atoms with E-state index in [9.17, 15) is 18.3 Å². The fraction of sp³-hybridized carbons (Fsp3) is 0.192. The molecule has 0 saturated carbocycles. The Bertz CT molecular complexity index is 1440. The number of rotatable bonds is 9. The maximum Gasteiger partial charge on any atom is 0.303 e. The highest BCUT2D eigenvalue weighted by Crippen LogP contribution is 2.34. The second-order valence-corrected chi connectivity index (χ2v) is 9.47. The van der Waals surface area contributed by atoms with Crippen molar-refractivity contribution in [1.29, 1.82) is 0 Å². The fourth-order valence-electron chi connectivity index (χ4n) is 3.95. The number of aromatic nitrogens is 1. The molecule has 0 radical (unpaired) electrons. The van der Waals surface area contributed by atoms with E-state index in [4.69, 9.17) is 9.47 Å². The first kappa shape index (κ1) is 23.4. The first-order valence-electron chi connectivity index (χ1n) is 10.8. The quantitative estimate of drug-likeness (QED) is 0.364. The van der Waals surface area contributed by atoms with Crippen molar-refractivity contribution in [1.82, 2.24) is 3.97 Å². The van der Waals surface area contributed by atoms with E-state index in [0.717, 1.165) is 5.56 Å². The second kappa shape index (κ2) is 9.61. The van der Waals surface area contributed by atoms with Gasteiger partial charge in [-0.2, -0.15) is 0 Å². The van der Waals surface area contributed by atoms with E-state index in [2.05, 4.69) is 0 Å². The Morgan fingerprint density at radius 1 is 1.00 bits per heavy atom. The summed E-state index contributed by atoms with van der Waals surface area (Å²) in [5.74, 6) is 0.323. The van der Waals surface area contributed by atoms with Crippen molar-refractivity contribution in [2.75, 3.05) is 13.7 Å². The number of carboxylic acid groups (broad SMARTS) is 1. The maximum atomic E-state index is 13.9. The van der Waals surface area contributed by atoms with Crippen LogP contribution >= 0.6 is 0 Å². The van der Waals surface area contributed by atoms with Crippen molar-refractivity contribution in [2.24, 2.45) is 0 Å². The summed E-state index contributed by atoms with van der Waals surface area (Å²) in [4.78, 5) is 11.3. The molecule has 0 atom stereocenters. The molecule has 34 heavy (non-hydrogen) atoms. The summed E-state index contributed by atoms with van der Waals surface area (Å²) >= 11 is 0. The summed E-state index contributed by atoms with van der Waals surface area (Å²) in [6, 6.07) is 19.2. The third-order valence-corrected chi connectivity index (χ3v) is 7.30. The molecule has 8 heteroatoms. The van der Waals surface area contributed by atoms with Crippen LogP contribution in [-0.2, 0) is 21.2 Å². The normalized spacial score (nSPS) is 11.5. The smallest absolute Gasteiger partial charge is 0.303 e. The molecular weight excluding hydrogens is 454 g/mol. The molecule has 1 heterocycles. The number of hydrogen-bond acceptors (Lipinski definition) is 5. The minimum absolute atomic E-state index is 0.111. The Morgan fingerprint density at radius 2 is 1.71 bits per heavy atom. The molecule has 0 bridgehead atoms. The Hall–Kier alpha value is -3.78. The minimum Gasteiger partial charge on any atom is -0.497 e. The zero-order valence-corrected chi connectivity index (χ0v) is 19.7. The molecular formula is C26H25NO6S. The van der Waals surface area contributed by atoms with Crippen LogP contribution in [0.15, 0.2) is 77.8 Å². The van der Waals surface area contributed by atoms with Crippen LogP contribution in [0.2, 0.25) is 0 Å². The standard InChI is InChI=1S/C26H25NO6S/c1-3-33-21-13-14-24-23(16-21)19(10-15-26(28)29)17-27(24)34(30,31)25-7-5-4-6-22(25)18-8-11-20(32-2)12-9-18/h4-9,11-14,16-17H,3,10,15H2,1-2H3,(H,28,29). The van der Waals surface area contributed by atoms with Gasteiger partial charge in [0.15, 0.2) is 0 Å². The molecule has 0 amide bonds. The van der Waals surface area contributed by atoms with Gasteiger partial charge in [-0.1, -0.05) is 30.3 Å². The highest BCUT2D eigenvalue weighted by molar-refractivity contribution is 7.90. The van der Waals surface area contributed by atoms with Gasteiger partial charge in [-0.15, -0.1) is 0 Å². The Morgan fingerprint density at radius 3 is 2.38 bits per heavy atom. The number of carboxylic acids is 1. The lowest BCUT2D eigenvalue weighted by Crippen LogP contribution is -2.13. The monoisotopic (exact) mass is 479 g/mol. The number of benzene rings is 3. The maximum absolute atomic E-state index is 13.9. The lowest BCUT2D eigenvalue weighted by molar-refractivity contribution is -0.136. The van der Waals surface area contributed by atoms with Crippen LogP contribution in [0.3, 0.4) is 0 Å². The Kier molecular flexibility index (Phi) is 6.61. The van der Waals surface area contributed by atoms with Gasteiger partial charge in [-0.3, -0.25) is 4.79 Å². The zero-order chi connectivity index (χ0) is 24.3. The van der Waals surface area contributed by atoms with E-state index in [0.29, 0.717) is 40.1 Å². The van der Waals surface area contributed by atoms with Crippen LogP contribution in [0.25, 0.3) is 22.0 Å². The summed E-state index contributed by atoms with van der Waals surface area (Å²) in [6.07, 6.45) is 1.61. The van der Waals surface area contributed by atoms with Crippen LogP contribution in [-0.4, -0.2) is 37.2 Å². The van der Waals surface area contributed by atoms with E-state index < -0.39 is 16.0 Å². The van der Waals surface area contributed by atoms with Crippen molar-refractivity contribution in [3.05, 3.63) is 78.5 Å². The summed E-state index contributed by atoms with van der Waals surface area (Å²) in [5, 5.41) is 9.82. The predicted octanol–water partition coefficient (Wildman–Crippen LogP) is 4.97. The highest BCUT2D eigenvalue weighted by Gasteiger charge is 2.25. The number of aliphatic carboxylic acids is 1. The number of methoxy groups -OCH3 is 1. The molecule has 0 unspecified atom stereocenters. The molecule has 7 nitrogen and oxygen atoms in total. The third-order valence-electron chi connectivity index (χ3n) is 5.57. The van der Waals surface area contributed by atoms with Crippen molar-refractivity contribution in [3.63, 3.8) is 0 Å². The first-order chi connectivity index (χ1) is 16.3. The van der Waals surface area contributed by atoms with Crippen LogP contribution in [0, 0.1) is 0 Å². The first-order valence-corrected chi connectivity index (χ1v) is 12.3. The van der Waals surface area contributed by atoms with Crippen molar-refractivity contribution in [2.45, 2.75) is 24.7 Å². The number of carbonyl (C=O) groups is 1. The lowest BCUT2D eigenvalue weighted by Gasteiger charge is -2.13. The van der Waals surface area contributed by atoms with Gasteiger partial charge in [0.1, 0.15) is 11.5 Å². The van der Waals surface area contributed by atoms with Crippen LogP contribution in [0.5, 0.6) is 11.5 Å². The number of hydrogen-bond donors (Lipinski definition) is 1. The number of fused-ring (bicyclic) bond motifs is 1. The zero-order valence-electron chi connectivity index (χ0n) is 18.9. The van der Waals surface area contributed by atoms with Gasteiger partial charge in [-0.05, 0) is 60.9 Å². The molecule has 1 N–H and O–H groups in total. The van der Waals surface area contributed by atoms with Crippen molar-refractivity contribution in [3.8, 4) is 22.6 Å². The minimum atomic E-state index is -4.01. The topological polar surface area (TPSA) is 94.8 Å². The molecule has 1 aromatic heterocycles. The predicted molar refractivity (Wildman–Crippen MR) is 130 cm³/mol. The second-order valence-electron chi connectivity index (χ2n) is 7.69. The van der Waals surface area contributed by atoms with E-state index >= 15 is 0 Å². The molecule has 0 aliphatic rings. The van der Waals surface area contributed by atoms with Gasteiger partial charge in [0.05, 0.1) is 24.1 Å². The van der Waals surface area contributed by atoms with Crippen LogP contribution < -0.4 is 9.47 Å². The summed E-state index contributed by atoms with van der Waals surface area (Å²) < 4.78 is 39.9. The van der Waals surface area contributed by atoms with E-state index in [1.807, 2.05) is 19.1 Å². The lowest BCUT2D eigenvalue weighted by atomic mass is 10.1. The number of aryl methyl sites for hydroxylation is 1. The number of ether oxygens (including phenoxy) is 2. The average molecular weight is 480 g/mol. The van der Waals surface area contributed by atoms with Crippen LogP contribution in [0.1, 0.15) is 18.9 Å². The van der Waals surface area contributed by atoms with Crippen molar-refractivity contribution >= 4 is 26.9 Å². The van der Waals surface area contributed by atoms with Crippen molar-refractivity contribution < 1.29 is 27.8 Å². The van der Waals surface area contributed by atoms with Gasteiger partial charge in [-0.25, -0.2) is 12.4 Å². The van der Waals surface area contributed by atoms with Gasteiger partial charge in [0, 0.05) is 23.6 Å². The summed E-state index contributed by atoms with van der Waals surface area (Å²) in [6.45, 7) is 2.32. The summed E-state index contributed by atoms with van der Waals surface area (Å²) in [7, 11) is -2.43. The van der Waals surface area contributed by atoms with E-state index in [1.165, 1.54) is 10.2 Å². The van der Waals surface area contributed by atoms with E-state index in [1.54, 1.807) is 61.7 Å². The van der Waals surface area contributed by atoms with Gasteiger partial charge < -0.3 is 14.6 Å². The molecule has 0 aliphatic carbocycles. The average Bonchev–Trinajstić information content (AvgIpc) is 3.22.